The van der Waals surface area contributed by atoms with E-state index in [-0.39, 0.29) is 17.9 Å². The molecule has 5 nitrogen and oxygen atoms in total. The maximum Gasteiger partial charge on any atom is 0.258 e. The first kappa shape index (κ1) is 14.4. The van der Waals surface area contributed by atoms with Crippen molar-refractivity contribution < 1.29 is 19.0 Å². The molecule has 0 heterocycles. The molecular formula is C12H17FN2O3. The van der Waals surface area contributed by atoms with Crippen molar-refractivity contribution in [1.29, 1.82) is 0 Å². The number of halogens is 1. The van der Waals surface area contributed by atoms with E-state index in [0.29, 0.717) is 0 Å². The van der Waals surface area contributed by atoms with E-state index in [1.54, 1.807) is 0 Å². The number of carbonyl (C=O) groups is 1. The first-order chi connectivity index (χ1) is 8.47. The molecule has 0 aliphatic carbocycles. The van der Waals surface area contributed by atoms with Gasteiger partial charge in [0.1, 0.15) is 17.1 Å². The number of amides is 1. The van der Waals surface area contributed by atoms with Crippen LogP contribution < -0.4 is 15.8 Å². The quantitative estimate of drug-likeness (QED) is 0.706. The molecule has 6 heteroatoms. The summed E-state index contributed by atoms with van der Waals surface area (Å²) < 4.78 is 18.5. The molecule has 0 aliphatic rings. The van der Waals surface area contributed by atoms with E-state index in [2.05, 4.69) is 5.32 Å². The molecule has 18 heavy (non-hydrogen) atoms. The van der Waals surface area contributed by atoms with Crippen LogP contribution in [0.25, 0.3) is 0 Å². The molecule has 1 rings (SSSR count). The van der Waals surface area contributed by atoms with E-state index in [4.69, 9.17) is 10.5 Å². The van der Waals surface area contributed by atoms with Crippen LogP contribution in [-0.4, -0.2) is 36.8 Å². The van der Waals surface area contributed by atoms with Gasteiger partial charge < -0.3 is 20.9 Å². The SMILES string of the molecule is COc1cccc(F)c1C(=O)NCC(N)C(C)O. The summed E-state index contributed by atoms with van der Waals surface area (Å²) in [7, 11) is 1.35. The fraction of sp³-hybridized carbons (Fsp3) is 0.417. The third kappa shape index (κ3) is 3.41. The number of ether oxygens (including phenoxy) is 1. The standard InChI is InChI=1S/C12H17FN2O3/c1-7(16)9(14)6-15-12(17)11-8(13)4-3-5-10(11)18-2/h3-5,7,9,16H,6,14H2,1-2H3,(H,15,17). The number of nitrogens with one attached hydrogen (secondary N) is 1. The predicted molar refractivity (Wildman–Crippen MR) is 64.9 cm³/mol. The van der Waals surface area contributed by atoms with E-state index in [1.807, 2.05) is 0 Å². The minimum absolute atomic E-state index is 0.0496. The third-order valence-electron chi connectivity index (χ3n) is 2.54. The normalized spacial score (nSPS) is 13.8. The van der Waals surface area contributed by atoms with Gasteiger partial charge in [-0.25, -0.2) is 4.39 Å². The zero-order valence-electron chi connectivity index (χ0n) is 10.3. The molecule has 1 aromatic rings. The van der Waals surface area contributed by atoms with Gasteiger partial charge in [0.15, 0.2) is 0 Å². The lowest BCUT2D eigenvalue weighted by Gasteiger charge is -2.16. The second-order valence-electron chi connectivity index (χ2n) is 3.93. The van der Waals surface area contributed by atoms with Gasteiger partial charge in [0.2, 0.25) is 0 Å². The van der Waals surface area contributed by atoms with Gasteiger partial charge in [-0.15, -0.1) is 0 Å². The second-order valence-corrected chi connectivity index (χ2v) is 3.93. The molecular weight excluding hydrogens is 239 g/mol. The van der Waals surface area contributed by atoms with Gasteiger partial charge >= 0.3 is 0 Å². The minimum Gasteiger partial charge on any atom is -0.496 e. The molecule has 1 amide bonds. The Kier molecular flexibility index (Phi) is 5.06. The lowest BCUT2D eigenvalue weighted by Crippen LogP contribution is -2.43. The summed E-state index contributed by atoms with van der Waals surface area (Å²) in [5.41, 5.74) is 5.39. The van der Waals surface area contributed by atoms with Crippen molar-refractivity contribution in [3.8, 4) is 5.75 Å². The zero-order valence-corrected chi connectivity index (χ0v) is 10.3. The van der Waals surface area contributed by atoms with Crippen molar-refractivity contribution in [2.75, 3.05) is 13.7 Å². The summed E-state index contributed by atoms with van der Waals surface area (Å²) in [6.07, 6.45) is -0.757. The van der Waals surface area contributed by atoms with Crippen molar-refractivity contribution >= 4 is 5.91 Å². The predicted octanol–water partition coefficient (Wildman–Crippen LogP) is 0.272. The number of benzene rings is 1. The van der Waals surface area contributed by atoms with Gasteiger partial charge in [-0.1, -0.05) is 6.07 Å². The Labute approximate surface area is 105 Å². The molecule has 0 saturated carbocycles. The fourth-order valence-electron chi connectivity index (χ4n) is 1.36. The Morgan fingerprint density at radius 3 is 2.83 bits per heavy atom. The first-order valence-electron chi connectivity index (χ1n) is 5.51. The Hall–Kier alpha value is -1.66. The number of carbonyl (C=O) groups excluding carboxylic acids is 1. The average Bonchev–Trinajstić information content (AvgIpc) is 2.34. The molecule has 0 bridgehead atoms. The first-order valence-corrected chi connectivity index (χ1v) is 5.51. The van der Waals surface area contributed by atoms with Crippen molar-refractivity contribution in [3.63, 3.8) is 0 Å². The largest absolute Gasteiger partial charge is 0.496 e. The second kappa shape index (κ2) is 6.32. The van der Waals surface area contributed by atoms with Gasteiger partial charge in [-0.2, -0.15) is 0 Å². The van der Waals surface area contributed by atoms with Crippen LogP contribution in [0, 0.1) is 5.82 Å². The fourth-order valence-corrected chi connectivity index (χ4v) is 1.36. The van der Waals surface area contributed by atoms with Gasteiger partial charge in [0, 0.05) is 12.6 Å². The lowest BCUT2D eigenvalue weighted by molar-refractivity contribution is 0.0930. The molecule has 100 valence electrons. The Morgan fingerprint density at radius 2 is 2.28 bits per heavy atom. The lowest BCUT2D eigenvalue weighted by atomic mass is 10.1. The minimum atomic E-state index is -0.757. The molecule has 1 aromatic carbocycles. The van der Waals surface area contributed by atoms with Crippen molar-refractivity contribution in [3.05, 3.63) is 29.6 Å². The zero-order chi connectivity index (χ0) is 13.7. The van der Waals surface area contributed by atoms with Crippen molar-refractivity contribution in [2.24, 2.45) is 5.73 Å². The molecule has 0 saturated heterocycles. The summed E-state index contributed by atoms with van der Waals surface area (Å²) in [5.74, 6) is -1.14. The van der Waals surface area contributed by atoms with Crippen LogP contribution in [-0.2, 0) is 0 Å². The highest BCUT2D eigenvalue weighted by Crippen LogP contribution is 2.20. The van der Waals surface area contributed by atoms with Gasteiger partial charge in [0.25, 0.3) is 5.91 Å². The van der Waals surface area contributed by atoms with Crippen LogP contribution in [0.5, 0.6) is 5.75 Å². The molecule has 0 aromatic heterocycles. The van der Waals surface area contributed by atoms with Crippen LogP contribution in [0.2, 0.25) is 0 Å². The highest BCUT2D eigenvalue weighted by molar-refractivity contribution is 5.97. The van der Waals surface area contributed by atoms with Crippen LogP contribution in [0.15, 0.2) is 18.2 Å². The van der Waals surface area contributed by atoms with E-state index < -0.39 is 23.9 Å². The Balaban J connectivity index is 2.78. The maximum absolute atomic E-state index is 13.5. The number of aliphatic hydroxyl groups excluding tert-OH is 1. The van der Waals surface area contributed by atoms with Crippen LogP contribution in [0.3, 0.4) is 0 Å². The molecule has 0 aliphatic heterocycles. The van der Waals surface area contributed by atoms with Crippen molar-refractivity contribution in [1.82, 2.24) is 5.32 Å². The average molecular weight is 256 g/mol. The smallest absolute Gasteiger partial charge is 0.258 e. The van der Waals surface area contributed by atoms with Crippen LogP contribution in [0.1, 0.15) is 17.3 Å². The summed E-state index contributed by atoms with van der Waals surface area (Å²) in [6.45, 7) is 1.56. The number of rotatable bonds is 5. The van der Waals surface area contributed by atoms with Gasteiger partial charge in [-0.3, -0.25) is 4.79 Å². The summed E-state index contributed by atoms with van der Waals surface area (Å²) >= 11 is 0. The molecule has 0 spiro atoms. The van der Waals surface area contributed by atoms with E-state index in [0.717, 1.165) is 0 Å². The maximum atomic E-state index is 13.5. The number of aliphatic hydroxyl groups is 1. The summed E-state index contributed by atoms with van der Waals surface area (Å²) in [5, 5.41) is 11.6. The molecule has 0 fully saturated rings. The molecule has 2 atom stereocenters. The number of nitrogens with two attached hydrogens (primary N) is 1. The Bertz CT molecular complexity index is 424. The summed E-state index contributed by atoms with van der Waals surface area (Å²) in [4.78, 5) is 11.8. The summed E-state index contributed by atoms with van der Waals surface area (Å²) in [6, 6.07) is 3.51. The van der Waals surface area contributed by atoms with Crippen LogP contribution in [0.4, 0.5) is 4.39 Å². The van der Waals surface area contributed by atoms with Gasteiger partial charge in [0.05, 0.1) is 13.2 Å². The molecule has 0 radical (unpaired) electrons. The highest BCUT2D eigenvalue weighted by atomic mass is 19.1. The number of methoxy groups -OCH3 is 1. The third-order valence-corrected chi connectivity index (χ3v) is 2.54. The number of hydrogen-bond acceptors (Lipinski definition) is 4. The van der Waals surface area contributed by atoms with Crippen molar-refractivity contribution in [2.45, 2.75) is 19.1 Å². The number of hydrogen-bond donors (Lipinski definition) is 3. The van der Waals surface area contributed by atoms with E-state index in [9.17, 15) is 14.3 Å². The molecule has 4 N–H and O–H groups in total. The molecule has 2 unspecified atom stereocenters. The Morgan fingerprint density at radius 1 is 1.61 bits per heavy atom. The van der Waals surface area contributed by atoms with Gasteiger partial charge in [-0.05, 0) is 19.1 Å². The van der Waals surface area contributed by atoms with E-state index in [1.165, 1.54) is 32.2 Å². The topological polar surface area (TPSA) is 84.6 Å². The van der Waals surface area contributed by atoms with E-state index >= 15 is 0 Å². The highest BCUT2D eigenvalue weighted by Gasteiger charge is 2.18. The van der Waals surface area contributed by atoms with Crippen LogP contribution >= 0.6 is 0 Å². The monoisotopic (exact) mass is 256 g/mol.